The number of benzene rings is 1. The Balaban J connectivity index is 1.51. The van der Waals surface area contributed by atoms with Crippen molar-refractivity contribution in [3.05, 3.63) is 30.1 Å². The first-order valence-electron chi connectivity index (χ1n) is 9.78. The Morgan fingerprint density at radius 2 is 1.92 bits per heavy atom. The normalized spacial score (nSPS) is 36.2. The number of nitrogens with zero attached hydrogens (tertiary/aromatic N) is 3. The van der Waals surface area contributed by atoms with Gasteiger partial charge < -0.3 is 4.57 Å². The van der Waals surface area contributed by atoms with E-state index in [-0.39, 0.29) is 5.60 Å². The highest BCUT2D eigenvalue weighted by Gasteiger charge is 2.62. The fraction of sp³-hybridized carbons (Fsp3) is 0.650. The van der Waals surface area contributed by atoms with Crippen LogP contribution in [0.15, 0.2) is 24.3 Å². The maximum Gasteiger partial charge on any atom is 0.130 e. The van der Waals surface area contributed by atoms with E-state index in [1.54, 1.807) is 0 Å². The van der Waals surface area contributed by atoms with Crippen molar-refractivity contribution in [2.75, 3.05) is 0 Å². The van der Waals surface area contributed by atoms with Gasteiger partial charge in [-0.15, -0.1) is 0 Å². The minimum Gasteiger partial charge on any atom is -0.324 e. The first kappa shape index (κ1) is 13.9. The second-order valence-electron chi connectivity index (χ2n) is 8.30. The molecule has 4 heteroatoms. The van der Waals surface area contributed by atoms with E-state index < -0.39 is 0 Å². The van der Waals surface area contributed by atoms with Crippen molar-refractivity contribution in [2.45, 2.75) is 75.6 Å². The number of rotatable bonds is 1. The summed E-state index contributed by atoms with van der Waals surface area (Å²) in [6.45, 7) is 0.993. The highest BCUT2D eigenvalue weighted by molar-refractivity contribution is 5.76. The quantitative estimate of drug-likeness (QED) is 0.787. The average Bonchev–Trinajstić information content (AvgIpc) is 3.25. The molecule has 4 aliphatic rings. The molecule has 2 saturated carbocycles. The molecule has 3 fully saturated rings. The molecule has 2 aromatic rings. The van der Waals surface area contributed by atoms with Gasteiger partial charge in [0.1, 0.15) is 11.4 Å². The predicted octanol–water partition coefficient (Wildman–Crippen LogP) is 4.21. The smallest absolute Gasteiger partial charge is 0.130 e. The lowest BCUT2D eigenvalue weighted by Crippen LogP contribution is -2.40. The number of hydrogen-bond donors (Lipinski definition) is 0. The van der Waals surface area contributed by atoms with Crippen molar-refractivity contribution in [2.24, 2.45) is 5.92 Å². The van der Waals surface area contributed by atoms with E-state index in [0.717, 1.165) is 12.1 Å². The number of hydroxylamine groups is 2. The van der Waals surface area contributed by atoms with Crippen molar-refractivity contribution >= 4 is 11.0 Å². The summed E-state index contributed by atoms with van der Waals surface area (Å²) in [6.07, 6.45) is 10.5. The molecular weight excluding hydrogens is 298 g/mol. The van der Waals surface area contributed by atoms with Crippen LogP contribution in [0.25, 0.3) is 11.0 Å². The molecule has 0 amide bonds. The van der Waals surface area contributed by atoms with Gasteiger partial charge in [0.15, 0.2) is 0 Å². The van der Waals surface area contributed by atoms with Gasteiger partial charge in [-0.3, -0.25) is 4.84 Å². The Morgan fingerprint density at radius 3 is 2.83 bits per heavy atom. The lowest BCUT2D eigenvalue weighted by atomic mass is 9.82. The molecule has 1 aromatic heterocycles. The molecule has 2 bridgehead atoms. The van der Waals surface area contributed by atoms with Crippen molar-refractivity contribution in [1.82, 2.24) is 14.6 Å². The Hall–Kier alpha value is -1.39. The summed E-state index contributed by atoms with van der Waals surface area (Å²) in [4.78, 5) is 11.9. The molecule has 1 aromatic carbocycles. The molecule has 3 atom stereocenters. The zero-order valence-corrected chi connectivity index (χ0v) is 14.2. The van der Waals surface area contributed by atoms with Crippen molar-refractivity contribution < 1.29 is 4.84 Å². The van der Waals surface area contributed by atoms with Crippen LogP contribution in [0.2, 0.25) is 0 Å². The molecule has 24 heavy (non-hydrogen) atoms. The van der Waals surface area contributed by atoms with Crippen LogP contribution in [-0.4, -0.2) is 26.3 Å². The van der Waals surface area contributed by atoms with Crippen LogP contribution >= 0.6 is 0 Å². The molecule has 4 nitrogen and oxygen atoms in total. The average molecular weight is 323 g/mol. The van der Waals surface area contributed by atoms with E-state index in [9.17, 15) is 0 Å². The molecule has 6 rings (SSSR count). The number of aromatic nitrogens is 2. The van der Waals surface area contributed by atoms with E-state index in [2.05, 4.69) is 33.9 Å². The molecule has 0 unspecified atom stereocenters. The fourth-order valence-electron chi connectivity index (χ4n) is 5.98. The van der Waals surface area contributed by atoms with Crippen molar-refractivity contribution in [1.29, 1.82) is 0 Å². The zero-order chi connectivity index (χ0) is 15.7. The van der Waals surface area contributed by atoms with Gasteiger partial charge in [-0.25, -0.2) is 4.98 Å². The molecule has 0 spiro atoms. The van der Waals surface area contributed by atoms with Crippen LogP contribution in [0, 0.1) is 5.92 Å². The molecule has 0 N–H and O–H groups in total. The van der Waals surface area contributed by atoms with E-state index in [1.807, 2.05) is 0 Å². The first-order chi connectivity index (χ1) is 11.9. The Labute approximate surface area is 142 Å². The third kappa shape index (κ3) is 1.68. The summed E-state index contributed by atoms with van der Waals surface area (Å²) in [6, 6.07) is 9.59. The predicted molar refractivity (Wildman–Crippen MR) is 92.3 cm³/mol. The Morgan fingerprint density at radius 1 is 1.04 bits per heavy atom. The third-order valence-corrected chi connectivity index (χ3v) is 7.04. The largest absolute Gasteiger partial charge is 0.324 e. The lowest BCUT2D eigenvalue weighted by Gasteiger charge is -2.34. The minimum absolute atomic E-state index is 0.0403. The third-order valence-electron chi connectivity index (χ3n) is 7.04. The minimum atomic E-state index is 0.0403. The fourth-order valence-corrected chi connectivity index (χ4v) is 5.98. The lowest BCUT2D eigenvalue weighted by molar-refractivity contribution is -0.231. The van der Waals surface area contributed by atoms with Crippen LogP contribution in [0.5, 0.6) is 0 Å². The van der Waals surface area contributed by atoms with E-state index in [4.69, 9.17) is 9.82 Å². The SMILES string of the molecule is c1ccc2c(c1)nc1n2C[C@]23CCC[C@H]2[C@H]1N(C1CCCCC1)O3. The summed E-state index contributed by atoms with van der Waals surface area (Å²) in [7, 11) is 0. The summed E-state index contributed by atoms with van der Waals surface area (Å²) in [5, 5.41) is 2.42. The van der Waals surface area contributed by atoms with Gasteiger partial charge in [0.2, 0.25) is 0 Å². The zero-order valence-electron chi connectivity index (χ0n) is 14.2. The molecule has 0 radical (unpaired) electrons. The highest BCUT2D eigenvalue weighted by Crippen LogP contribution is 2.59. The monoisotopic (exact) mass is 323 g/mol. The second kappa shape index (κ2) is 4.83. The molecule has 126 valence electrons. The van der Waals surface area contributed by atoms with Gasteiger partial charge in [-0.2, -0.15) is 5.06 Å². The number of hydrogen-bond acceptors (Lipinski definition) is 3. The van der Waals surface area contributed by atoms with Crippen LogP contribution in [0.1, 0.15) is 63.2 Å². The van der Waals surface area contributed by atoms with Gasteiger partial charge in [0, 0.05) is 12.0 Å². The van der Waals surface area contributed by atoms with Gasteiger partial charge in [-0.05, 0) is 44.2 Å². The highest BCUT2D eigenvalue weighted by atomic mass is 16.7. The maximum absolute atomic E-state index is 6.80. The van der Waals surface area contributed by atoms with Gasteiger partial charge in [0.05, 0.1) is 23.6 Å². The maximum atomic E-state index is 6.80. The standard InChI is InChI=1S/C20H25N3O/c1-2-7-14(8-3-1)23-18-15-9-6-12-20(15,24-23)13-22-17-11-5-4-10-16(17)21-19(18)22/h4-5,10-11,14-15,18H,1-3,6-9,12-13H2/t15-,18+,20+/m0/s1. The van der Waals surface area contributed by atoms with E-state index in [1.165, 1.54) is 62.7 Å². The molecule has 2 aliphatic heterocycles. The number of imidazole rings is 1. The van der Waals surface area contributed by atoms with Crippen LogP contribution in [0.3, 0.4) is 0 Å². The topological polar surface area (TPSA) is 30.3 Å². The van der Waals surface area contributed by atoms with Gasteiger partial charge in [-0.1, -0.05) is 31.4 Å². The summed E-state index contributed by atoms with van der Waals surface area (Å²) < 4.78 is 2.48. The number of fused-ring (bicyclic) bond motifs is 4. The van der Waals surface area contributed by atoms with Gasteiger partial charge in [0.25, 0.3) is 0 Å². The Bertz CT molecular complexity index is 793. The van der Waals surface area contributed by atoms with Crippen LogP contribution < -0.4 is 0 Å². The first-order valence-corrected chi connectivity index (χ1v) is 9.78. The van der Waals surface area contributed by atoms with E-state index >= 15 is 0 Å². The summed E-state index contributed by atoms with van der Waals surface area (Å²) >= 11 is 0. The second-order valence-corrected chi connectivity index (χ2v) is 8.30. The Kier molecular flexibility index (Phi) is 2.79. The van der Waals surface area contributed by atoms with Crippen molar-refractivity contribution in [3.8, 4) is 0 Å². The van der Waals surface area contributed by atoms with E-state index in [0.29, 0.717) is 18.0 Å². The van der Waals surface area contributed by atoms with Gasteiger partial charge >= 0.3 is 0 Å². The van der Waals surface area contributed by atoms with Crippen LogP contribution in [-0.2, 0) is 11.4 Å². The molecular formula is C20H25N3O. The molecule has 2 aliphatic carbocycles. The molecule has 1 saturated heterocycles. The van der Waals surface area contributed by atoms with Crippen LogP contribution in [0.4, 0.5) is 0 Å². The molecule has 3 heterocycles. The number of para-hydroxylation sites is 2. The summed E-state index contributed by atoms with van der Waals surface area (Å²) in [5.74, 6) is 1.91. The summed E-state index contributed by atoms with van der Waals surface area (Å²) in [5.41, 5.74) is 2.48. The van der Waals surface area contributed by atoms with Crippen molar-refractivity contribution in [3.63, 3.8) is 0 Å².